The van der Waals surface area contributed by atoms with Gasteiger partial charge in [-0.2, -0.15) is 0 Å². The Labute approximate surface area is 90.8 Å². The first kappa shape index (κ1) is 10.9. The molecule has 1 aliphatic carbocycles. The summed E-state index contributed by atoms with van der Waals surface area (Å²) in [5.74, 6) is 0.140. The van der Waals surface area contributed by atoms with Crippen LogP contribution in [0.15, 0.2) is 0 Å². The predicted octanol–water partition coefficient (Wildman–Crippen LogP) is 0.424. The van der Waals surface area contributed by atoms with Crippen LogP contribution in [0.25, 0.3) is 0 Å². The summed E-state index contributed by atoms with van der Waals surface area (Å²) < 4.78 is 5.63. The average molecular weight is 212 g/mol. The molecule has 2 aliphatic rings. The fraction of sp³-hybridized carbons (Fsp3) is 0.909. The number of ether oxygens (including phenoxy) is 1. The minimum Gasteiger partial charge on any atom is -0.376 e. The lowest BCUT2D eigenvalue weighted by Gasteiger charge is -2.22. The van der Waals surface area contributed by atoms with Crippen molar-refractivity contribution in [1.29, 1.82) is 0 Å². The molecule has 1 amide bonds. The molecule has 4 nitrogen and oxygen atoms in total. The molecule has 1 saturated heterocycles. The second-order valence-corrected chi connectivity index (χ2v) is 4.43. The van der Waals surface area contributed by atoms with Crippen LogP contribution in [0, 0.1) is 0 Å². The summed E-state index contributed by atoms with van der Waals surface area (Å²) in [5.41, 5.74) is 0. The van der Waals surface area contributed by atoms with Crippen molar-refractivity contribution < 1.29 is 9.53 Å². The van der Waals surface area contributed by atoms with Gasteiger partial charge < -0.3 is 15.4 Å². The summed E-state index contributed by atoms with van der Waals surface area (Å²) in [4.78, 5) is 11.3. The van der Waals surface area contributed by atoms with Gasteiger partial charge in [-0.15, -0.1) is 0 Å². The van der Waals surface area contributed by atoms with Crippen molar-refractivity contribution in [3.8, 4) is 0 Å². The monoisotopic (exact) mass is 212 g/mol. The Bertz CT molecular complexity index is 211. The van der Waals surface area contributed by atoms with Crippen LogP contribution in [0.5, 0.6) is 0 Å². The molecule has 4 heteroatoms. The molecule has 1 saturated carbocycles. The highest BCUT2D eigenvalue weighted by Crippen LogP contribution is 2.18. The van der Waals surface area contributed by atoms with Gasteiger partial charge in [0.05, 0.1) is 12.7 Å². The second-order valence-electron chi connectivity index (χ2n) is 4.43. The zero-order valence-electron chi connectivity index (χ0n) is 9.13. The Morgan fingerprint density at radius 1 is 1.40 bits per heavy atom. The molecule has 0 aromatic carbocycles. The first-order chi connectivity index (χ1) is 7.34. The zero-order chi connectivity index (χ0) is 10.5. The van der Waals surface area contributed by atoms with Gasteiger partial charge in [-0.3, -0.25) is 4.79 Å². The van der Waals surface area contributed by atoms with Crippen LogP contribution in [0.1, 0.15) is 32.1 Å². The van der Waals surface area contributed by atoms with E-state index >= 15 is 0 Å². The standard InChI is InChI=1S/C11H20N2O2/c14-11(13-9-3-4-9)5-7-15-10-2-1-6-12-8-10/h9-10,12H,1-8H2,(H,13,14)/t10-/m0/s1. The fourth-order valence-corrected chi connectivity index (χ4v) is 1.81. The molecule has 1 heterocycles. The average Bonchev–Trinajstić information content (AvgIpc) is 3.03. The molecule has 0 aromatic rings. The molecule has 15 heavy (non-hydrogen) atoms. The molecule has 0 unspecified atom stereocenters. The molecule has 0 bridgehead atoms. The van der Waals surface area contributed by atoms with Gasteiger partial charge in [0.2, 0.25) is 5.91 Å². The Morgan fingerprint density at radius 3 is 2.93 bits per heavy atom. The topological polar surface area (TPSA) is 50.4 Å². The highest BCUT2D eigenvalue weighted by molar-refractivity contribution is 5.76. The van der Waals surface area contributed by atoms with E-state index in [4.69, 9.17) is 4.74 Å². The third-order valence-corrected chi connectivity index (χ3v) is 2.88. The summed E-state index contributed by atoms with van der Waals surface area (Å²) in [6, 6.07) is 0.467. The van der Waals surface area contributed by atoms with Gasteiger partial charge in [0.25, 0.3) is 0 Å². The zero-order valence-corrected chi connectivity index (χ0v) is 9.13. The number of carbonyl (C=O) groups is 1. The van der Waals surface area contributed by atoms with E-state index < -0.39 is 0 Å². The third kappa shape index (κ3) is 4.18. The number of piperidine rings is 1. The molecule has 2 N–H and O–H groups in total. The van der Waals surface area contributed by atoms with Crippen LogP contribution < -0.4 is 10.6 Å². The molecular formula is C11H20N2O2. The van der Waals surface area contributed by atoms with Crippen LogP contribution in [0.2, 0.25) is 0 Å². The van der Waals surface area contributed by atoms with E-state index in [-0.39, 0.29) is 5.91 Å². The summed E-state index contributed by atoms with van der Waals surface area (Å²) in [5, 5.41) is 6.25. The van der Waals surface area contributed by atoms with Crippen LogP contribution in [0.4, 0.5) is 0 Å². The van der Waals surface area contributed by atoms with Crippen LogP contribution >= 0.6 is 0 Å². The number of carbonyl (C=O) groups excluding carboxylic acids is 1. The fourth-order valence-electron chi connectivity index (χ4n) is 1.81. The number of rotatable bonds is 5. The largest absolute Gasteiger partial charge is 0.376 e. The van der Waals surface area contributed by atoms with Crippen molar-refractivity contribution in [3.63, 3.8) is 0 Å². The molecule has 0 aromatic heterocycles. The van der Waals surface area contributed by atoms with Gasteiger partial charge in [0, 0.05) is 19.0 Å². The van der Waals surface area contributed by atoms with Gasteiger partial charge in [-0.05, 0) is 32.2 Å². The van der Waals surface area contributed by atoms with Gasteiger partial charge in [0.1, 0.15) is 0 Å². The molecule has 0 spiro atoms. The van der Waals surface area contributed by atoms with Crippen molar-refractivity contribution in [3.05, 3.63) is 0 Å². The first-order valence-electron chi connectivity index (χ1n) is 5.96. The number of hydrogen-bond donors (Lipinski definition) is 2. The molecule has 1 atom stereocenters. The van der Waals surface area contributed by atoms with Crippen LogP contribution in [-0.4, -0.2) is 37.7 Å². The summed E-state index contributed by atoms with van der Waals surface area (Å²) >= 11 is 0. The summed E-state index contributed by atoms with van der Waals surface area (Å²) in [7, 11) is 0. The van der Waals surface area contributed by atoms with Crippen molar-refractivity contribution in [1.82, 2.24) is 10.6 Å². The van der Waals surface area contributed by atoms with E-state index in [0.717, 1.165) is 32.4 Å². The molecule has 2 rings (SSSR count). The highest BCUT2D eigenvalue weighted by Gasteiger charge is 2.23. The Balaban J connectivity index is 1.51. The van der Waals surface area contributed by atoms with E-state index in [9.17, 15) is 4.79 Å². The smallest absolute Gasteiger partial charge is 0.222 e. The Kier molecular flexibility index (Phi) is 3.97. The van der Waals surface area contributed by atoms with Gasteiger partial charge in [-0.1, -0.05) is 0 Å². The Hall–Kier alpha value is -0.610. The normalized spacial score (nSPS) is 26.3. The van der Waals surface area contributed by atoms with Crippen molar-refractivity contribution in [2.24, 2.45) is 0 Å². The van der Waals surface area contributed by atoms with E-state index in [2.05, 4.69) is 10.6 Å². The molecule has 2 fully saturated rings. The molecule has 0 radical (unpaired) electrons. The second kappa shape index (κ2) is 5.47. The molecule has 1 aliphatic heterocycles. The lowest BCUT2D eigenvalue weighted by Crippen LogP contribution is -2.36. The maximum Gasteiger partial charge on any atom is 0.222 e. The van der Waals surface area contributed by atoms with E-state index in [1.807, 2.05) is 0 Å². The SMILES string of the molecule is O=C(CCO[C@H]1CCCNC1)NC1CC1. The van der Waals surface area contributed by atoms with Gasteiger partial charge >= 0.3 is 0 Å². The quantitative estimate of drug-likeness (QED) is 0.694. The first-order valence-corrected chi connectivity index (χ1v) is 5.96. The maximum absolute atomic E-state index is 11.3. The minimum absolute atomic E-state index is 0.140. The van der Waals surface area contributed by atoms with Crippen molar-refractivity contribution in [2.75, 3.05) is 19.7 Å². The van der Waals surface area contributed by atoms with Gasteiger partial charge in [0.15, 0.2) is 0 Å². The lowest BCUT2D eigenvalue weighted by molar-refractivity contribution is -0.122. The number of amides is 1. The molecular weight excluding hydrogens is 192 g/mol. The van der Waals surface area contributed by atoms with Crippen molar-refractivity contribution >= 4 is 5.91 Å². The highest BCUT2D eigenvalue weighted by atomic mass is 16.5. The van der Waals surface area contributed by atoms with Gasteiger partial charge in [-0.25, -0.2) is 0 Å². The van der Waals surface area contributed by atoms with E-state index in [1.165, 1.54) is 6.42 Å². The number of hydrogen-bond acceptors (Lipinski definition) is 3. The Morgan fingerprint density at radius 2 is 2.27 bits per heavy atom. The van der Waals surface area contributed by atoms with Crippen LogP contribution in [-0.2, 0) is 9.53 Å². The summed E-state index contributed by atoms with van der Waals surface area (Å²) in [6.07, 6.45) is 5.43. The number of nitrogens with one attached hydrogen (secondary N) is 2. The third-order valence-electron chi connectivity index (χ3n) is 2.88. The maximum atomic E-state index is 11.3. The summed E-state index contributed by atoms with van der Waals surface area (Å²) in [6.45, 7) is 2.59. The minimum atomic E-state index is 0.140. The predicted molar refractivity (Wildman–Crippen MR) is 57.6 cm³/mol. The van der Waals surface area contributed by atoms with E-state index in [1.54, 1.807) is 0 Å². The lowest BCUT2D eigenvalue weighted by atomic mass is 10.1. The molecule has 86 valence electrons. The van der Waals surface area contributed by atoms with E-state index in [0.29, 0.717) is 25.2 Å². The van der Waals surface area contributed by atoms with Crippen molar-refractivity contribution in [2.45, 2.75) is 44.2 Å². The van der Waals surface area contributed by atoms with Crippen LogP contribution in [0.3, 0.4) is 0 Å².